The minimum Gasteiger partial charge on any atom is -0.385 e. The molecule has 1 aromatic rings. The first-order valence-electron chi connectivity index (χ1n) is 6.95. The Hall–Kier alpha value is -1.69. The fourth-order valence-electron chi connectivity index (χ4n) is 2.32. The van der Waals surface area contributed by atoms with E-state index in [1.54, 1.807) is 7.11 Å². The maximum Gasteiger partial charge on any atom is 0.251 e. The SMILES string of the molecule is CNc1c(F)cc(C(=O)NCC2(CCOC)CC2)cc1F. The molecule has 1 aliphatic rings. The van der Waals surface area contributed by atoms with Crippen molar-refractivity contribution in [2.45, 2.75) is 19.3 Å². The number of methoxy groups -OCH3 is 1. The minimum absolute atomic E-state index is 0.00783. The molecule has 0 aliphatic heterocycles. The van der Waals surface area contributed by atoms with Gasteiger partial charge in [-0.3, -0.25) is 4.79 Å². The molecule has 0 saturated heterocycles. The lowest BCUT2D eigenvalue weighted by molar-refractivity contribution is 0.0937. The van der Waals surface area contributed by atoms with Gasteiger partial charge in [0.2, 0.25) is 0 Å². The molecule has 1 aliphatic carbocycles. The highest BCUT2D eigenvalue weighted by Crippen LogP contribution is 2.48. The molecule has 116 valence electrons. The third-order valence-electron chi connectivity index (χ3n) is 3.97. The van der Waals surface area contributed by atoms with Gasteiger partial charge >= 0.3 is 0 Å². The summed E-state index contributed by atoms with van der Waals surface area (Å²) >= 11 is 0. The Morgan fingerprint density at radius 2 is 1.95 bits per heavy atom. The molecule has 1 amide bonds. The average molecular weight is 298 g/mol. The normalized spacial score (nSPS) is 15.6. The van der Waals surface area contributed by atoms with E-state index in [1.165, 1.54) is 7.05 Å². The molecule has 0 atom stereocenters. The van der Waals surface area contributed by atoms with Gasteiger partial charge in [0.05, 0.1) is 0 Å². The van der Waals surface area contributed by atoms with Crippen LogP contribution in [0.2, 0.25) is 0 Å². The van der Waals surface area contributed by atoms with Crippen LogP contribution in [-0.2, 0) is 4.74 Å². The second-order valence-electron chi connectivity index (χ2n) is 5.49. The van der Waals surface area contributed by atoms with Crippen LogP contribution >= 0.6 is 0 Å². The Morgan fingerprint density at radius 1 is 1.33 bits per heavy atom. The zero-order valence-corrected chi connectivity index (χ0v) is 12.3. The average Bonchev–Trinajstić information content (AvgIpc) is 3.23. The van der Waals surface area contributed by atoms with Gasteiger partial charge in [-0.2, -0.15) is 0 Å². The lowest BCUT2D eigenvalue weighted by Crippen LogP contribution is -2.31. The van der Waals surface area contributed by atoms with Crippen molar-refractivity contribution in [2.75, 3.05) is 32.6 Å². The van der Waals surface area contributed by atoms with E-state index in [-0.39, 0.29) is 16.7 Å². The Morgan fingerprint density at radius 3 is 2.43 bits per heavy atom. The second-order valence-corrected chi connectivity index (χ2v) is 5.49. The van der Waals surface area contributed by atoms with Crippen LogP contribution in [0.15, 0.2) is 12.1 Å². The largest absolute Gasteiger partial charge is 0.385 e. The number of hydrogen-bond donors (Lipinski definition) is 2. The fraction of sp³-hybridized carbons (Fsp3) is 0.533. The highest BCUT2D eigenvalue weighted by molar-refractivity contribution is 5.94. The summed E-state index contributed by atoms with van der Waals surface area (Å²) in [5, 5.41) is 5.18. The number of carbonyl (C=O) groups is 1. The van der Waals surface area contributed by atoms with Crippen molar-refractivity contribution in [1.82, 2.24) is 5.32 Å². The lowest BCUT2D eigenvalue weighted by atomic mass is 10.0. The van der Waals surface area contributed by atoms with E-state index in [4.69, 9.17) is 4.74 Å². The highest BCUT2D eigenvalue weighted by Gasteiger charge is 2.42. The minimum atomic E-state index is -0.775. The van der Waals surface area contributed by atoms with E-state index in [9.17, 15) is 13.6 Å². The van der Waals surface area contributed by atoms with E-state index in [2.05, 4.69) is 10.6 Å². The molecule has 6 heteroatoms. The number of benzene rings is 1. The molecule has 0 radical (unpaired) electrons. The Balaban J connectivity index is 1.98. The molecule has 4 nitrogen and oxygen atoms in total. The van der Waals surface area contributed by atoms with Crippen molar-refractivity contribution < 1.29 is 18.3 Å². The first kappa shape index (κ1) is 15.7. The fourth-order valence-corrected chi connectivity index (χ4v) is 2.32. The molecule has 2 rings (SSSR count). The van der Waals surface area contributed by atoms with E-state index in [0.717, 1.165) is 31.4 Å². The monoisotopic (exact) mass is 298 g/mol. The van der Waals surface area contributed by atoms with Crippen LogP contribution < -0.4 is 10.6 Å². The summed E-state index contributed by atoms with van der Waals surface area (Å²) in [5.41, 5.74) is -0.148. The molecule has 0 spiro atoms. The molecule has 0 heterocycles. The topological polar surface area (TPSA) is 50.4 Å². The van der Waals surface area contributed by atoms with Gasteiger partial charge in [0.15, 0.2) is 0 Å². The molecule has 1 aromatic carbocycles. The number of hydrogen-bond acceptors (Lipinski definition) is 3. The van der Waals surface area contributed by atoms with Crippen molar-refractivity contribution in [3.8, 4) is 0 Å². The summed E-state index contributed by atoms with van der Waals surface area (Å²) < 4.78 is 32.3. The highest BCUT2D eigenvalue weighted by atomic mass is 19.1. The molecule has 0 aromatic heterocycles. The Bertz CT molecular complexity index is 507. The van der Waals surface area contributed by atoms with Crippen LogP contribution in [0.4, 0.5) is 14.5 Å². The summed E-state index contributed by atoms with van der Waals surface area (Å²) in [6.45, 7) is 1.15. The number of rotatable bonds is 7. The van der Waals surface area contributed by atoms with Crippen LogP contribution in [0.1, 0.15) is 29.6 Å². The molecule has 0 bridgehead atoms. The van der Waals surface area contributed by atoms with Gasteiger partial charge in [0, 0.05) is 32.9 Å². The van der Waals surface area contributed by atoms with Gasteiger partial charge in [0.1, 0.15) is 17.3 Å². The predicted molar refractivity (Wildman–Crippen MR) is 76.4 cm³/mol. The maximum atomic E-state index is 13.6. The zero-order valence-electron chi connectivity index (χ0n) is 12.3. The standard InChI is InChI=1S/C15H20F2N2O2/c1-18-13-11(16)7-10(8-12(13)17)14(20)19-9-15(3-4-15)5-6-21-2/h7-8,18H,3-6,9H2,1-2H3,(H,19,20). The zero-order chi connectivity index (χ0) is 15.5. The molecule has 21 heavy (non-hydrogen) atoms. The molecule has 1 fully saturated rings. The molecule has 2 N–H and O–H groups in total. The van der Waals surface area contributed by atoms with Gasteiger partial charge < -0.3 is 15.4 Å². The van der Waals surface area contributed by atoms with E-state index in [1.807, 2.05) is 0 Å². The summed E-state index contributed by atoms with van der Waals surface area (Å²) in [6.07, 6.45) is 2.96. The van der Waals surface area contributed by atoms with Crippen LogP contribution in [0.3, 0.4) is 0 Å². The summed E-state index contributed by atoms with van der Waals surface area (Å²) in [5.74, 6) is -2.01. The Labute approximate surface area is 122 Å². The lowest BCUT2D eigenvalue weighted by Gasteiger charge is -2.15. The van der Waals surface area contributed by atoms with Crippen LogP contribution in [-0.4, -0.2) is 33.2 Å². The second kappa shape index (κ2) is 6.39. The van der Waals surface area contributed by atoms with Crippen LogP contribution in [0, 0.1) is 17.0 Å². The van der Waals surface area contributed by atoms with E-state index in [0.29, 0.717) is 13.2 Å². The van der Waals surface area contributed by atoms with E-state index < -0.39 is 17.5 Å². The van der Waals surface area contributed by atoms with Crippen molar-refractivity contribution in [2.24, 2.45) is 5.41 Å². The van der Waals surface area contributed by atoms with Gasteiger partial charge in [-0.1, -0.05) is 0 Å². The quantitative estimate of drug-likeness (QED) is 0.813. The van der Waals surface area contributed by atoms with Crippen LogP contribution in [0.5, 0.6) is 0 Å². The summed E-state index contributed by atoms with van der Waals surface area (Å²) in [4.78, 5) is 12.0. The molecular weight excluding hydrogens is 278 g/mol. The maximum absolute atomic E-state index is 13.6. The predicted octanol–water partition coefficient (Wildman–Crippen LogP) is 2.55. The summed E-state index contributed by atoms with van der Waals surface area (Å²) in [6, 6.07) is 2.08. The van der Waals surface area contributed by atoms with Gasteiger partial charge in [-0.15, -0.1) is 0 Å². The number of nitrogens with one attached hydrogen (secondary N) is 2. The van der Waals surface area contributed by atoms with Gasteiger partial charge in [0.25, 0.3) is 5.91 Å². The Kier molecular flexibility index (Phi) is 4.77. The van der Waals surface area contributed by atoms with Crippen LogP contribution in [0.25, 0.3) is 0 Å². The number of halogens is 2. The number of carbonyl (C=O) groups excluding carboxylic acids is 1. The first-order valence-corrected chi connectivity index (χ1v) is 6.95. The smallest absolute Gasteiger partial charge is 0.251 e. The third kappa shape index (κ3) is 3.69. The molecule has 0 unspecified atom stereocenters. The van der Waals surface area contributed by atoms with Crippen molar-refractivity contribution in [1.29, 1.82) is 0 Å². The number of amides is 1. The van der Waals surface area contributed by atoms with E-state index >= 15 is 0 Å². The van der Waals surface area contributed by atoms with Crippen molar-refractivity contribution in [3.63, 3.8) is 0 Å². The molecule has 1 saturated carbocycles. The van der Waals surface area contributed by atoms with Gasteiger partial charge in [-0.05, 0) is 36.8 Å². The summed E-state index contributed by atoms with van der Waals surface area (Å²) in [7, 11) is 3.07. The molecular formula is C15H20F2N2O2. The van der Waals surface area contributed by atoms with Crippen molar-refractivity contribution >= 4 is 11.6 Å². The number of ether oxygens (including phenoxy) is 1. The number of anilines is 1. The first-order chi connectivity index (χ1) is 10.0. The van der Waals surface area contributed by atoms with Crippen molar-refractivity contribution in [3.05, 3.63) is 29.3 Å². The third-order valence-corrected chi connectivity index (χ3v) is 3.97. The van der Waals surface area contributed by atoms with Gasteiger partial charge in [-0.25, -0.2) is 8.78 Å².